The number of halogens is 1. The zero-order valence-corrected chi connectivity index (χ0v) is 9.61. The van der Waals surface area contributed by atoms with Crippen molar-refractivity contribution in [1.82, 2.24) is 0 Å². The second kappa shape index (κ2) is 6.13. The Balaban J connectivity index is 0.000000145. The zero-order chi connectivity index (χ0) is 9.52. The van der Waals surface area contributed by atoms with Gasteiger partial charge >= 0.3 is 0 Å². The first kappa shape index (κ1) is 10.7. The Morgan fingerprint density at radius 1 is 1.23 bits per heavy atom. The fourth-order valence-corrected chi connectivity index (χ4v) is 1.77. The molecule has 0 aliphatic heterocycles. The summed E-state index contributed by atoms with van der Waals surface area (Å²) in [6, 6.07) is 9.10. The van der Waals surface area contributed by atoms with Crippen LogP contribution in [0.3, 0.4) is 0 Å². The Hall–Kier alpha value is -0.380. The lowest BCUT2D eigenvalue weighted by atomic mass is 10.0. The Kier molecular flexibility index (Phi) is 5.05. The maximum atomic E-state index is 10.0. The predicted octanol–water partition coefficient (Wildman–Crippen LogP) is 3.47. The summed E-state index contributed by atoms with van der Waals surface area (Å²) in [5, 5.41) is 0. The summed E-state index contributed by atoms with van der Waals surface area (Å²) in [7, 11) is 0. The van der Waals surface area contributed by atoms with E-state index in [1.807, 2.05) is 18.2 Å². The molecule has 1 saturated carbocycles. The van der Waals surface area contributed by atoms with E-state index < -0.39 is 0 Å². The highest BCUT2D eigenvalue weighted by Gasteiger charge is 2.11. The minimum absolute atomic E-state index is 0.729. The quantitative estimate of drug-likeness (QED) is 0.439. The first-order valence-corrected chi connectivity index (χ1v) is 5.72. The molecule has 0 spiro atoms. The largest absolute Gasteiger partial charge is 0.298 e. The van der Waals surface area contributed by atoms with E-state index in [0.717, 1.165) is 15.8 Å². The van der Waals surface area contributed by atoms with Gasteiger partial charge in [0.15, 0.2) is 0 Å². The van der Waals surface area contributed by atoms with E-state index in [9.17, 15) is 4.79 Å². The summed E-state index contributed by atoms with van der Waals surface area (Å²) in [6.07, 6.45) is 5.26. The number of hydrogen-bond donors (Lipinski definition) is 0. The van der Waals surface area contributed by atoms with E-state index in [0.29, 0.717) is 0 Å². The maximum absolute atomic E-state index is 10.0. The van der Waals surface area contributed by atoms with Crippen LogP contribution in [0.25, 0.3) is 0 Å². The van der Waals surface area contributed by atoms with E-state index in [4.69, 9.17) is 0 Å². The van der Waals surface area contributed by atoms with Gasteiger partial charge in [-0.25, -0.2) is 0 Å². The smallest absolute Gasteiger partial charge is 0.150 e. The van der Waals surface area contributed by atoms with Crippen molar-refractivity contribution in [1.29, 1.82) is 0 Å². The van der Waals surface area contributed by atoms with Crippen LogP contribution >= 0.6 is 22.6 Å². The fourth-order valence-electron chi connectivity index (χ4n) is 0.890. The highest BCUT2D eigenvalue weighted by atomic mass is 127. The monoisotopic (exact) mass is 288 g/mol. The van der Waals surface area contributed by atoms with Crippen molar-refractivity contribution in [2.45, 2.75) is 23.2 Å². The van der Waals surface area contributed by atoms with E-state index in [-0.39, 0.29) is 0 Å². The number of carbonyl (C=O) groups is 1. The van der Waals surface area contributed by atoms with Crippen LogP contribution < -0.4 is 0 Å². The summed E-state index contributed by atoms with van der Waals surface area (Å²) in [5.74, 6) is 0. The highest BCUT2D eigenvalue weighted by molar-refractivity contribution is 14.1. The third-order valence-corrected chi connectivity index (χ3v) is 3.22. The lowest BCUT2D eigenvalue weighted by Crippen LogP contribution is -2.07. The SMILES string of the molecule is IC1CCC1.O=Cc1ccccc1. The molecule has 2 rings (SSSR count). The van der Waals surface area contributed by atoms with Gasteiger partial charge in [-0.05, 0) is 12.8 Å². The van der Waals surface area contributed by atoms with Crippen molar-refractivity contribution in [3.8, 4) is 0 Å². The lowest BCUT2D eigenvalue weighted by molar-refractivity contribution is 0.112. The van der Waals surface area contributed by atoms with Gasteiger partial charge in [0.25, 0.3) is 0 Å². The second-order valence-corrected chi connectivity index (χ2v) is 4.82. The van der Waals surface area contributed by atoms with Gasteiger partial charge in [-0.3, -0.25) is 4.79 Å². The van der Waals surface area contributed by atoms with Crippen LogP contribution in [0.5, 0.6) is 0 Å². The highest BCUT2D eigenvalue weighted by Crippen LogP contribution is 2.25. The van der Waals surface area contributed by atoms with Crippen LogP contribution in [-0.4, -0.2) is 10.2 Å². The van der Waals surface area contributed by atoms with Gasteiger partial charge < -0.3 is 0 Å². The molecule has 0 amide bonds. The number of alkyl halides is 1. The van der Waals surface area contributed by atoms with Crippen LogP contribution in [-0.2, 0) is 0 Å². The maximum Gasteiger partial charge on any atom is 0.150 e. The standard InChI is InChI=1S/C7H6O.C4H7I/c8-6-7-4-2-1-3-5-7;5-4-2-1-3-4/h1-6H;4H,1-3H2. The average Bonchev–Trinajstić information content (AvgIpc) is 2.17. The normalized spacial score (nSPS) is 15.2. The molecular weight excluding hydrogens is 275 g/mol. The topological polar surface area (TPSA) is 17.1 Å². The molecule has 1 nitrogen and oxygen atoms in total. The Morgan fingerprint density at radius 2 is 1.77 bits per heavy atom. The molecule has 0 saturated heterocycles. The lowest BCUT2D eigenvalue weighted by Gasteiger charge is -2.16. The summed E-state index contributed by atoms with van der Waals surface area (Å²) in [4.78, 5) is 10.0. The van der Waals surface area contributed by atoms with Crippen LogP contribution in [0.4, 0.5) is 0 Å². The molecule has 0 unspecified atom stereocenters. The Labute approximate surface area is 92.7 Å². The van der Waals surface area contributed by atoms with Crippen LogP contribution in [0, 0.1) is 0 Å². The molecule has 0 N–H and O–H groups in total. The van der Waals surface area contributed by atoms with Gasteiger partial charge in [-0.15, -0.1) is 0 Å². The molecule has 0 aromatic heterocycles. The summed E-state index contributed by atoms with van der Waals surface area (Å²) < 4.78 is 1.03. The van der Waals surface area contributed by atoms with E-state index in [2.05, 4.69) is 22.6 Å². The molecule has 1 aliphatic rings. The fraction of sp³-hybridized carbons (Fsp3) is 0.364. The van der Waals surface area contributed by atoms with Gasteiger partial charge in [-0.2, -0.15) is 0 Å². The van der Waals surface area contributed by atoms with Crippen molar-refractivity contribution in [2.24, 2.45) is 0 Å². The number of benzene rings is 1. The number of rotatable bonds is 1. The molecule has 1 aliphatic carbocycles. The molecule has 0 bridgehead atoms. The minimum Gasteiger partial charge on any atom is -0.298 e. The summed E-state index contributed by atoms with van der Waals surface area (Å²) in [6.45, 7) is 0. The minimum atomic E-state index is 0.729. The third-order valence-electron chi connectivity index (χ3n) is 1.97. The molecule has 13 heavy (non-hydrogen) atoms. The molecule has 1 fully saturated rings. The van der Waals surface area contributed by atoms with Gasteiger partial charge in [0.1, 0.15) is 6.29 Å². The van der Waals surface area contributed by atoms with Crippen molar-refractivity contribution >= 4 is 28.9 Å². The molecule has 2 heteroatoms. The van der Waals surface area contributed by atoms with Gasteiger partial charge in [0.05, 0.1) is 0 Å². The molecular formula is C11H13IO. The Morgan fingerprint density at radius 3 is 2.00 bits per heavy atom. The Bertz CT molecular complexity index is 242. The number of hydrogen-bond acceptors (Lipinski definition) is 1. The van der Waals surface area contributed by atoms with Crippen molar-refractivity contribution in [2.75, 3.05) is 0 Å². The first-order chi connectivity index (χ1) is 6.33. The summed E-state index contributed by atoms with van der Waals surface area (Å²) in [5.41, 5.74) is 0.729. The van der Waals surface area contributed by atoms with Crippen LogP contribution in [0.1, 0.15) is 29.6 Å². The van der Waals surface area contributed by atoms with Crippen LogP contribution in [0.2, 0.25) is 0 Å². The number of carbonyl (C=O) groups excluding carboxylic acids is 1. The van der Waals surface area contributed by atoms with Crippen LogP contribution in [0.15, 0.2) is 30.3 Å². The molecule has 70 valence electrons. The van der Waals surface area contributed by atoms with E-state index >= 15 is 0 Å². The first-order valence-electron chi connectivity index (χ1n) is 4.47. The third kappa shape index (κ3) is 4.41. The average molecular weight is 288 g/mol. The van der Waals surface area contributed by atoms with Gasteiger partial charge in [0, 0.05) is 9.49 Å². The van der Waals surface area contributed by atoms with Gasteiger partial charge in [0.2, 0.25) is 0 Å². The molecule has 1 aromatic rings. The zero-order valence-electron chi connectivity index (χ0n) is 7.45. The second-order valence-electron chi connectivity index (χ2n) is 3.06. The molecule has 0 heterocycles. The van der Waals surface area contributed by atoms with E-state index in [1.165, 1.54) is 19.3 Å². The summed E-state index contributed by atoms with van der Waals surface area (Å²) >= 11 is 2.49. The van der Waals surface area contributed by atoms with Crippen molar-refractivity contribution < 1.29 is 4.79 Å². The molecule has 0 radical (unpaired) electrons. The van der Waals surface area contributed by atoms with Crippen molar-refractivity contribution in [3.63, 3.8) is 0 Å². The molecule has 1 aromatic carbocycles. The predicted molar refractivity (Wildman–Crippen MR) is 63.5 cm³/mol. The van der Waals surface area contributed by atoms with E-state index in [1.54, 1.807) is 12.1 Å². The molecule has 0 atom stereocenters. The van der Waals surface area contributed by atoms with Crippen molar-refractivity contribution in [3.05, 3.63) is 35.9 Å². The number of aldehydes is 1. The van der Waals surface area contributed by atoms with Gasteiger partial charge in [-0.1, -0.05) is 59.3 Å².